The van der Waals surface area contributed by atoms with Crippen molar-refractivity contribution in [3.63, 3.8) is 0 Å². The van der Waals surface area contributed by atoms with Crippen LogP contribution < -0.4 is 0 Å². The smallest absolute Gasteiger partial charge is 0.415 e. The highest BCUT2D eigenvalue weighted by atomic mass is 16.5. The first-order chi connectivity index (χ1) is 5.63. The third kappa shape index (κ3) is 4.71. The lowest BCUT2D eigenvalue weighted by atomic mass is 10.4. The SMILES string of the molecule is CC.CCC(=O)N(C)C(=O)OC. The summed E-state index contributed by atoms with van der Waals surface area (Å²) in [6, 6.07) is 0. The van der Waals surface area contributed by atoms with Gasteiger partial charge in [-0.15, -0.1) is 0 Å². The number of amides is 2. The molecule has 0 bridgehead atoms. The summed E-state index contributed by atoms with van der Waals surface area (Å²) in [7, 11) is 2.62. The van der Waals surface area contributed by atoms with Crippen molar-refractivity contribution < 1.29 is 14.3 Å². The Morgan fingerprint density at radius 3 is 2.00 bits per heavy atom. The second-order valence-electron chi connectivity index (χ2n) is 1.78. The zero-order valence-corrected chi connectivity index (χ0v) is 8.38. The highest BCUT2D eigenvalue weighted by Crippen LogP contribution is 1.91. The molecule has 0 radical (unpaired) electrons. The highest BCUT2D eigenvalue weighted by molar-refractivity contribution is 5.91. The maximum absolute atomic E-state index is 10.7. The van der Waals surface area contributed by atoms with E-state index in [2.05, 4.69) is 4.74 Å². The molecule has 4 nitrogen and oxygen atoms in total. The molecule has 72 valence electrons. The monoisotopic (exact) mass is 175 g/mol. The Morgan fingerprint density at radius 1 is 1.33 bits per heavy atom. The van der Waals surface area contributed by atoms with E-state index >= 15 is 0 Å². The van der Waals surface area contributed by atoms with Crippen molar-refractivity contribution in [1.82, 2.24) is 4.90 Å². The maximum Gasteiger partial charge on any atom is 0.415 e. The molecular weight excluding hydrogens is 158 g/mol. The molecule has 0 aromatic carbocycles. The van der Waals surface area contributed by atoms with Crippen LogP contribution in [0.25, 0.3) is 0 Å². The first kappa shape index (κ1) is 13.5. The molecule has 0 unspecified atom stereocenters. The van der Waals surface area contributed by atoms with Crippen LogP contribution in [0.3, 0.4) is 0 Å². The molecule has 0 aliphatic rings. The summed E-state index contributed by atoms with van der Waals surface area (Å²) in [4.78, 5) is 22.3. The van der Waals surface area contributed by atoms with Gasteiger partial charge in [-0.1, -0.05) is 20.8 Å². The molecule has 0 saturated carbocycles. The van der Waals surface area contributed by atoms with Crippen LogP contribution in [0.1, 0.15) is 27.2 Å². The minimum atomic E-state index is -0.619. The molecule has 0 aromatic rings. The third-order valence-electron chi connectivity index (χ3n) is 1.13. The molecule has 0 aliphatic heterocycles. The lowest BCUT2D eigenvalue weighted by Gasteiger charge is -2.11. The molecule has 4 heteroatoms. The van der Waals surface area contributed by atoms with Crippen LogP contribution in [-0.2, 0) is 9.53 Å². The predicted molar refractivity (Wildman–Crippen MR) is 46.8 cm³/mol. The summed E-state index contributed by atoms with van der Waals surface area (Å²) in [5, 5.41) is 0. The van der Waals surface area contributed by atoms with Gasteiger partial charge in [0.05, 0.1) is 7.11 Å². The number of carbonyl (C=O) groups is 2. The van der Waals surface area contributed by atoms with Crippen LogP contribution in [0.5, 0.6) is 0 Å². The first-order valence-corrected chi connectivity index (χ1v) is 3.98. The van der Waals surface area contributed by atoms with E-state index in [-0.39, 0.29) is 5.91 Å². The summed E-state index contributed by atoms with van der Waals surface area (Å²) in [5.74, 6) is -0.244. The van der Waals surface area contributed by atoms with Crippen molar-refractivity contribution in [3.05, 3.63) is 0 Å². The minimum absolute atomic E-state index is 0.244. The lowest BCUT2D eigenvalue weighted by molar-refractivity contribution is -0.127. The van der Waals surface area contributed by atoms with Crippen LogP contribution in [0, 0.1) is 0 Å². The normalized spacial score (nSPS) is 7.75. The number of ether oxygens (including phenoxy) is 1. The second-order valence-corrected chi connectivity index (χ2v) is 1.78. The van der Waals surface area contributed by atoms with Crippen molar-refractivity contribution in [2.45, 2.75) is 27.2 Å². The van der Waals surface area contributed by atoms with Gasteiger partial charge in [0.2, 0.25) is 5.91 Å². The first-order valence-electron chi connectivity index (χ1n) is 3.98. The van der Waals surface area contributed by atoms with Gasteiger partial charge in [0, 0.05) is 13.5 Å². The largest absolute Gasteiger partial charge is 0.452 e. The van der Waals surface area contributed by atoms with Crippen molar-refractivity contribution in [3.8, 4) is 0 Å². The number of imide groups is 1. The third-order valence-corrected chi connectivity index (χ3v) is 1.13. The molecule has 0 heterocycles. The summed E-state index contributed by atoms with van der Waals surface area (Å²) in [6.07, 6.45) is -0.308. The van der Waals surface area contributed by atoms with Crippen molar-refractivity contribution in [2.24, 2.45) is 0 Å². The van der Waals surface area contributed by atoms with E-state index < -0.39 is 6.09 Å². The van der Waals surface area contributed by atoms with Gasteiger partial charge in [-0.05, 0) is 0 Å². The molecule has 0 saturated heterocycles. The lowest BCUT2D eigenvalue weighted by Crippen LogP contribution is -2.32. The Bertz CT molecular complexity index is 129. The number of rotatable bonds is 1. The van der Waals surface area contributed by atoms with Gasteiger partial charge < -0.3 is 4.74 Å². The van der Waals surface area contributed by atoms with Gasteiger partial charge >= 0.3 is 6.09 Å². The molecule has 0 aliphatic carbocycles. The number of hydrogen-bond acceptors (Lipinski definition) is 3. The van der Waals surface area contributed by atoms with Gasteiger partial charge in [-0.25, -0.2) is 4.79 Å². The van der Waals surface area contributed by atoms with Crippen molar-refractivity contribution in [1.29, 1.82) is 0 Å². The zero-order valence-electron chi connectivity index (χ0n) is 8.38. The standard InChI is InChI=1S/C6H11NO3.C2H6/c1-4-5(8)7(2)6(9)10-3;1-2/h4H2,1-3H3;1-2H3. The molecular formula is C8H17NO3. The Balaban J connectivity index is 0. The Labute approximate surface area is 73.5 Å². The van der Waals surface area contributed by atoms with Crippen LogP contribution in [0.15, 0.2) is 0 Å². The summed E-state index contributed by atoms with van der Waals surface area (Å²) >= 11 is 0. The second kappa shape index (κ2) is 8.04. The van der Waals surface area contributed by atoms with Crippen LogP contribution in [0.4, 0.5) is 4.79 Å². The van der Waals surface area contributed by atoms with Gasteiger partial charge in [-0.2, -0.15) is 0 Å². The fraction of sp³-hybridized carbons (Fsp3) is 0.750. The van der Waals surface area contributed by atoms with Crippen LogP contribution in [-0.4, -0.2) is 31.1 Å². The zero-order chi connectivity index (χ0) is 10.1. The molecule has 0 aromatic heterocycles. The van der Waals surface area contributed by atoms with E-state index in [1.54, 1.807) is 6.92 Å². The van der Waals surface area contributed by atoms with Crippen molar-refractivity contribution in [2.75, 3.05) is 14.2 Å². The topological polar surface area (TPSA) is 46.6 Å². The molecule has 0 fully saturated rings. The average Bonchev–Trinajstić information content (AvgIpc) is 2.17. The number of hydrogen-bond donors (Lipinski definition) is 0. The van der Waals surface area contributed by atoms with E-state index in [1.165, 1.54) is 14.2 Å². The molecule has 0 rings (SSSR count). The number of carbonyl (C=O) groups excluding carboxylic acids is 2. The quantitative estimate of drug-likeness (QED) is 0.608. The van der Waals surface area contributed by atoms with Gasteiger partial charge in [-0.3, -0.25) is 9.69 Å². The number of nitrogens with zero attached hydrogens (tertiary/aromatic N) is 1. The van der Waals surface area contributed by atoms with E-state index in [0.29, 0.717) is 6.42 Å². The van der Waals surface area contributed by atoms with E-state index in [4.69, 9.17) is 0 Å². The maximum atomic E-state index is 10.7. The van der Waals surface area contributed by atoms with Gasteiger partial charge in [0.1, 0.15) is 0 Å². The van der Waals surface area contributed by atoms with E-state index in [1.807, 2.05) is 13.8 Å². The Morgan fingerprint density at radius 2 is 1.75 bits per heavy atom. The highest BCUT2D eigenvalue weighted by Gasteiger charge is 2.13. The van der Waals surface area contributed by atoms with Crippen molar-refractivity contribution >= 4 is 12.0 Å². The summed E-state index contributed by atoms with van der Waals surface area (Å²) in [6.45, 7) is 5.68. The van der Waals surface area contributed by atoms with Gasteiger partial charge in [0.15, 0.2) is 0 Å². The van der Waals surface area contributed by atoms with Gasteiger partial charge in [0.25, 0.3) is 0 Å². The predicted octanol–water partition coefficient (Wildman–Crippen LogP) is 1.65. The van der Waals surface area contributed by atoms with Crippen LogP contribution in [0.2, 0.25) is 0 Å². The Kier molecular flexibility index (Phi) is 9.06. The van der Waals surface area contributed by atoms with E-state index in [9.17, 15) is 9.59 Å². The molecule has 0 N–H and O–H groups in total. The average molecular weight is 175 g/mol. The molecule has 2 amide bonds. The summed E-state index contributed by atoms with van der Waals surface area (Å²) < 4.78 is 4.30. The summed E-state index contributed by atoms with van der Waals surface area (Å²) in [5.41, 5.74) is 0. The minimum Gasteiger partial charge on any atom is -0.452 e. The molecule has 0 atom stereocenters. The van der Waals surface area contributed by atoms with E-state index in [0.717, 1.165) is 4.90 Å². The Hall–Kier alpha value is -1.06. The molecule has 12 heavy (non-hydrogen) atoms. The fourth-order valence-corrected chi connectivity index (χ4v) is 0.476. The fourth-order valence-electron chi connectivity index (χ4n) is 0.476. The molecule has 0 spiro atoms. The van der Waals surface area contributed by atoms with Crippen LogP contribution >= 0.6 is 0 Å². The number of methoxy groups -OCH3 is 1.